The smallest absolute Gasteiger partial charge is 0.303 e. The lowest BCUT2D eigenvalue weighted by molar-refractivity contribution is -0.137. The molecule has 0 saturated heterocycles. The predicted octanol–water partition coefficient (Wildman–Crippen LogP) is 3.35. The number of nitrogens with zero attached hydrogens (tertiary/aromatic N) is 2. The number of aryl methyl sites for hydroxylation is 1. The Morgan fingerprint density at radius 3 is 2.65 bits per heavy atom. The van der Waals surface area contributed by atoms with Gasteiger partial charge >= 0.3 is 5.97 Å². The molecule has 0 atom stereocenters. The van der Waals surface area contributed by atoms with Gasteiger partial charge < -0.3 is 9.84 Å². The molecule has 0 radical (unpaired) electrons. The summed E-state index contributed by atoms with van der Waals surface area (Å²) in [4.78, 5) is 27.4. The summed E-state index contributed by atoms with van der Waals surface area (Å²) >= 11 is 6.02. The Hall–Kier alpha value is -2.48. The molecule has 1 aromatic heterocycles. The lowest BCUT2D eigenvalue weighted by Crippen LogP contribution is -2.28. The van der Waals surface area contributed by atoms with Crippen molar-refractivity contribution in [1.29, 1.82) is 0 Å². The highest BCUT2D eigenvalue weighted by Crippen LogP contribution is 2.22. The standard InChI is InChI=1S/C17H17ClF2N2O4/c1-9(2)22-13(5-6-14(23)24)21-16(15(18)17(22)25)26-8-10-3-4-11(19)7-12(10)20/h3-4,7,9H,5-6,8H2,1-2H3,(H,23,24). The van der Waals surface area contributed by atoms with Gasteiger partial charge in [-0.25, -0.2) is 8.78 Å². The molecule has 0 spiro atoms. The van der Waals surface area contributed by atoms with Crippen LogP contribution in [0.5, 0.6) is 5.88 Å². The summed E-state index contributed by atoms with van der Waals surface area (Å²) < 4.78 is 33.3. The van der Waals surface area contributed by atoms with Crippen LogP contribution in [-0.4, -0.2) is 20.6 Å². The van der Waals surface area contributed by atoms with E-state index >= 15 is 0 Å². The zero-order chi connectivity index (χ0) is 19.4. The van der Waals surface area contributed by atoms with Gasteiger partial charge in [0.1, 0.15) is 24.1 Å². The van der Waals surface area contributed by atoms with Crippen LogP contribution < -0.4 is 10.3 Å². The normalized spacial score (nSPS) is 11.0. The molecule has 9 heteroatoms. The monoisotopic (exact) mass is 386 g/mol. The predicted molar refractivity (Wildman–Crippen MR) is 90.5 cm³/mol. The van der Waals surface area contributed by atoms with Crippen molar-refractivity contribution in [2.45, 2.75) is 39.3 Å². The van der Waals surface area contributed by atoms with Gasteiger partial charge in [-0.3, -0.25) is 14.2 Å². The number of carboxylic acid groups (broad SMARTS) is 1. The van der Waals surface area contributed by atoms with Gasteiger partial charge in [-0.05, 0) is 26.0 Å². The number of benzene rings is 1. The van der Waals surface area contributed by atoms with E-state index in [4.69, 9.17) is 21.4 Å². The largest absolute Gasteiger partial charge is 0.481 e. The van der Waals surface area contributed by atoms with Gasteiger partial charge in [0.2, 0.25) is 5.88 Å². The zero-order valence-corrected chi connectivity index (χ0v) is 14.9. The molecule has 0 aliphatic rings. The van der Waals surface area contributed by atoms with Gasteiger partial charge in [0.05, 0.1) is 6.42 Å². The fraction of sp³-hybridized carbons (Fsp3) is 0.353. The van der Waals surface area contributed by atoms with Crippen molar-refractivity contribution in [3.63, 3.8) is 0 Å². The number of carbonyl (C=O) groups is 1. The summed E-state index contributed by atoms with van der Waals surface area (Å²) in [5.74, 6) is -2.59. The second-order valence-corrected chi connectivity index (χ2v) is 6.21. The molecule has 1 aromatic carbocycles. The summed E-state index contributed by atoms with van der Waals surface area (Å²) in [6, 6.07) is 2.70. The van der Waals surface area contributed by atoms with E-state index in [1.165, 1.54) is 10.6 Å². The second kappa shape index (κ2) is 8.27. The minimum absolute atomic E-state index is 0.00118. The molecule has 26 heavy (non-hydrogen) atoms. The van der Waals surface area contributed by atoms with E-state index < -0.39 is 23.2 Å². The number of aliphatic carboxylic acids is 1. The lowest BCUT2D eigenvalue weighted by Gasteiger charge is -2.17. The van der Waals surface area contributed by atoms with Gasteiger partial charge in [0.25, 0.3) is 5.56 Å². The first-order valence-electron chi connectivity index (χ1n) is 7.80. The van der Waals surface area contributed by atoms with Crippen molar-refractivity contribution in [2.75, 3.05) is 0 Å². The number of aromatic nitrogens is 2. The van der Waals surface area contributed by atoms with Crippen molar-refractivity contribution in [2.24, 2.45) is 0 Å². The summed E-state index contributed by atoms with van der Waals surface area (Å²) in [7, 11) is 0. The second-order valence-electron chi connectivity index (χ2n) is 5.83. The molecule has 0 unspecified atom stereocenters. The molecule has 0 fully saturated rings. The van der Waals surface area contributed by atoms with Crippen molar-refractivity contribution in [3.05, 3.63) is 56.6 Å². The molecule has 0 aliphatic heterocycles. The first kappa shape index (κ1) is 19.8. The molecule has 140 valence electrons. The van der Waals surface area contributed by atoms with Crippen molar-refractivity contribution >= 4 is 17.6 Å². The molecule has 0 aliphatic carbocycles. The third-order valence-electron chi connectivity index (χ3n) is 3.56. The Morgan fingerprint density at radius 2 is 2.08 bits per heavy atom. The van der Waals surface area contributed by atoms with Crippen molar-refractivity contribution in [1.82, 2.24) is 9.55 Å². The van der Waals surface area contributed by atoms with Crippen LogP contribution in [0.25, 0.3) is 0 Å². The van der Waals surface area contributed by atoms with Gasteiger partial charge in [0, 0.05) is 24.1 Å². The van der Waals surface area contributed by atoms with E-state index in [-0.39, 0.29) is 47.8 Å². The SMILES string of the molecule is CC(C)n1c(CCC(=O)O)nc(OCc2ccc(F)cc2F)c(Cl)c1=O. The summed E-state index contributed by atoms with van der Waals surface area (Å²) in [6.07, 6.45) is -0.228. The number of rotatable bonds is 7. The van der Waals surface area contributed by atoms with Gasteiger partial charge in [-0.2, -0.15) is 4.98 Å². The van der Waals surface area contributed by atoms with Crippen LogP contribution in [0.3, 0.4) is 0 Å². The minimum Gasteiger partial charge on any atom is -0.481 e. The Labute approximate surface area is 153 Å². The highest BCUT2D eigenvalue weighted by molar-refractivity contribution is 6.31. The molecule has 0 saturated carbocycles. The van der Waals surface area contributed by atoms with Crippen LogP contribution in [0.15, 0.2) is 23.0 Å². The molecule has 1 N–H and O–H groups in total. The Kier molecular flexibility index (Phi) is 6.31. The van der Waals surface area contributed by atoms with Crippen molar-refractivity contribution in [3.8, 4) is 5.88 Å². The zero-order valence-electron chi connectivity index (χ0n) is 14.1. The quantitative estimate of drug-likeness (QED) is 0.789. The molecule has 2 rings (SSSR count). The number of hydrogen-bond acceptors (Lipinski definition) is 4. The van der Waals surface area contributed by atoms with Crippen LogP contribution in [0, 0.1) is 11.6 Å². The average molecular weight is 387 g/mol. The third kappa shape index (κ3) is 4.57. The van der Waals surface area contributed by atoms with Crippen molar-refractivity contribution < 1.29 is 23.4 Å². The van der Waals surface area contributed by atoms with E-state index in [1.807, 2.05) is 0 Å². The fourth-order valence-corrected chi connectivity index (χ4v) is 2.53. The first-order chi connectivity index (χ1) is 12.2. The van der Waals surface area contributed by atoms with Gasteiger partial charge in [-0.15, -0.1) is 0 Å². The molecule has 1 heterocycles. The lowest BCUT2D eigenvalue weighted by atomic mass is 10.2. The number of carboxylic acids is 1. The van der Waals surface area contributed by atoms with Crippen LogP contribution in [-0.2, 0) is 17.8 Å². The van der Waals surface area contributed by atoms with Crippen LogP contribution in [0.1, 0.15) is 37.7 Å². The third-order valence-corrected chi connectivity index (χ3v) is 3.88. The van der Waals surface area contributed by atoms with E-state index in [0.29, 0.717) is 6.07 Å². The molecule has 0 bridgehead atoms. The highest BCUT2D eigenvalue weighted by atomic mass is 35.5. The molecule has 2 aromatic rings. The van der Waals surface area contributed by atoms with Gasteiger partial charge in [-0.1, -0.05) is 11.6 Å². The minimum atomic E-state index is -1.04. The Morgan fingerprint density at radius 1 is 1.38 bits per heavy atom. The maximum Gasteiger partial charge on any atom is 0.303 e. The first-order valence-corrected chi connectivity index (χ1v) is 8.18. The Balaban J connectivity index is 2.35. The van der Waals surface area contributed by atoms with E-state index in [2.05, 4.69) is 4.98 Å². The highest BCUT2D eigenvalue weighted by Gasteiger charge is 2.19. The molecular weight excluding hydrogens is 370 g/mol. The Bertz CT molecular complexity index is 884. The van der Waals surface area contributed by atoms with Crippen LogP contribution in [0.2, 0.25) is 5.02 Å². The van der Waals surface area contributed by atoms with Crippen LogP contribution >= 0.6 is 11.6 Å². The molecule has 0 amide bonds. The summed E-state index contributed by atoms with van der Waals surface area (Å²) in [6.45, 7) is 3.15. The number of ether oxygens (including phenoxy) is 1. The molecular formula is C17H17ClF2N2O4. The number of hydrogen-bond donors (Lipinski definition) is 1. The molecule has 6 nitrogen and oxygen atoms in total. The average Bonchev–Trinajstić information content (AvgIpc) is 2.55. The van der Waals surface area contributed by atoms with Crippen LogP contribution in [0.4, 0.5) is 8.78 Å². The summed E-state index contributed by atoms with van der Waals surface area (Å²) in [5.41, 5.74) is -0.518. The fourth-order valence-electron chi connectivity index (χ4n) is 2.34. The topological polar surface area (TPSA) is 81.4 Å². The maximum absolute atomic E-state index is 13.7. The van der Waals surface area contributed by atoms with E-state index in [1.54, 1.807) is 13.8 Å². The van der Waals surface area contributed by atoms with E-state index in [0.717, 1.165) is 6.07 Å². The van der Waals surface area contributed by atoms with Gasteiger partial charge in [0.15, 0.2) is 5.02 Å². The maximum atomic E-state index is 13.7. The summed E-state index contributed by atoms with van der Waals surface area (Å²) in [5, 5.41) is 8.57. The number of halogens is 3. The van der Waals surface area contributed by atoms with E-state index in [9.17, 15) is 18.4 Å².